The standard InChI is InChI=1S/C16H20N4O/c21-15(19-14-6-7-14)8-9-17-10-13-11-18-20-16(13)12-4-2-1-3-5-12/h1-5,11,14,17H,6-10H2,(H,18,20)(H,19,21). The minimum Gasteiger partial charge on any atom is -0.353 e. The molecular formula is C16H20N4O. The smallest absolute Gasteiger partial charge is 0.221 e. The molecule has 0 aliphatic heterocycles. The molecule has 0 bridgehead atoms. The van der Waals surface area contributed by atoms with Crippen LogP contribution in [-0.4, -0.2) is 28.7 Å². The molecule has 110 valence electrons. The molecule has 0 atom stereocenters. The van der Waals surface area contributed by atoms with Crippen molar-refractivity contribution in [2.45, 2.75) is 31.8 Å². The van der Waals surface area contributed by atoms with Gasteiger partial charge in [-0.25, -0.2) is 0 Å². The Bertz CT molecular complexity index is 589. The Morgan fingerprint density at radius 2 is 2.10 bits per heavy atom. The summed E-state index contributed by atoms with van der Waals surface area (Å²) in [6, 6.07) is 10.6. The summed E-state index contributed by atoms with van der Waals surface area (Å²) in [7, 11) is 0. The fourth-order valence-corrected chi connectivity index (χ4v) is 2.25. The Morgan fingerprint density at radius 3 is 2.86 bits per heavy atom. The van der Waals surface area contributed by atoms with Crippen LogP contribution in [0.2, 0.25) is 0 Å². The van der Waals surface area contributed by atoms with Gasteiger partial charge >= 0.3 is 0 Å². The molecule has 0 radical (unpaired) electrons. The molecule has 1 fully saturated rings. The summed E-state index contributed by atoms with van der Waals surface area (Å²) in [5.74, 6) is 0.139. The lowest BCUT2D eigenvalue weighted by atomic mass is 10.1. The van der Waals surface area contributed by atoms with Crippen LogP contribution in [0.25, 0.3) is 11.3 Å². The van der Waals surface area contributed by atoms with Crippen LogP contribution >= 0.6 is 0 Å². The number of H-pyrrole nitrogens is 1. The van der Waals surface area contributed by atoms with Gasteiger partial charge in [0.05, 0.1) is 11.9 Å². The SMILES string of the molecule is O=C(CCNCc1cn[nH]c1-c1ccccc1)NC1CC1. The number of hydrogen-bond acceptors (Lipinski definition) is 3. The quantitative estimate of drug-likeness (QED) is 0.679. The molecule has 2 aromatic rings. The minimum atomic E-state index is 0.139. The van der Waals surface area contributed by atoms with Crippen LogP contribution in [0.5, 0.6) is 0 Å². The average Bonchev–Trinajstić information content (AvgIpc) is 3.19. The van der Waals surface area contributed by atoms with Crippen LogP contribution in [-0.2, 0) is 11.3 Å². The second-order valence-electron chi connectivity index (χ2n) is 5.40. The van der Waals surface area contributed by atoms with Crippen molar-refractivity contribution >= 4 is 5.91 Å². The average molecular weight is 284 g/mol. The summed E-state index contributed by atoms with van der Waals surface area (Å²) in [6.45, 7) is 1.38. The zero-order chi connectivity index (χ0) is 14.5. The monoisotopic (exact) mass is 284 g/mol. The van der Waals surface area contributed by atoms with Gasteiger partial charge in [0.15, 0.2) is 0 Å². The Kier molecular flexibility index (Phi) is 4.31. The van der Waals surface area contributed by atoms with Gasteiger partial charge in [-0.15, -0.1) is 0 Å². The van der Waals surface area contributed by atoms with Crippen molar-refractivity contribution in [2.75, 3.05) is 6.54 Å². The van der Waals surface area contributed by atoms with Crippen molar-refractivity contribution in [3.63, 3.8) is 0 Å². The molecule has 1 aromatic heterocycles. The summed E-state index contributed by atoms with van der Waals surface area (Å²) in [6.07, 6.45) is 4.62. The molecule has 21 heavy (non-hydrogen) atoms. The molecule has 1 amide bonds. The highest BCUT2D eigenvalue weighted by molar-refractivity contribution is 5.76. The van der Waals surface area contributed by atoms with Gasteiger partial charge in [-0.3, -0.25) is 9.89 Å². The number of nitrogens with zero attached hydrogens (tertiary/aromatic N) is 1. The van der Waals surface area contributed by atoms with E-state index >= 15 is 0 Å². The fraction of sp³-hybridized carbons (Fsp3) is 0.375. The zero-order valence-electron chi connectivity index (χ0n) is 11.9. The van der Waals surface area contributed by atoms with Crippen LogP contribution in [0, 0.1) is 0 Å². The van der Waals surface area contributed by atoms with E-state index in [4.69, 9.17) is 0 Å². The van der Waals surface area contributed by atoms with Gasteiger partial charge in [-0.05, 0) is 18.4 Å². The van der Waals surface area contributed by atoms with Gasteiger partial charge in [0, 0.05) is 31.1 Å². The molecule has 3 N–H and O–H groups in total. The van der Waals surface area contributed by atoms with Crippen molar-refractivity contribution < 1.29 is 4.79 Å². The third kappa shape index (κ3) is 3.92. The van der Waals surface area contributed by atoms with Gasteiger partial charge in [0.2, 0.25) is 5.91 Å². The van der Waals surface area contributed by atoms with Gasteiger partial charge in [-0.1, -0.05) is 30.3 Å². The highest BCUT2D eigenvalue weighted by atomic mass is 16.1. The van der Waals surface area contributed by atoms with Gasteiger partial charge in [-0.2, -0.15) is 5.10 Å². The van der Waals surface area contributed by atoms with Gasteiger partial charge in [0.1, 0.15) is 0 Å². The summed E-state index contributed by atoms with van der Waals surface area (Å²) in [5, 5.41) is 13.4. The number of nitrogens with one attached hydrogen (secondary N) is 3. The molecular weight excluding hydrogens is 264 g/mol. The first kappa shape index (κ1) is 13.8. The van der Waals surface area contributed by atoms with Crippen molar-refractivity contribution in [3.8, 4) is 11.3 Å². The van der Waals surface area contributed by atoms with Crippen LogP contribution < -0.4 is 10.6 Å². The van der Waals surface area contributed by atoms with E-state index in [-0.39, 0.29) is 5.91 Å². The molecule has 1 saturated carbocycles. The summed E-state index contributed by atoms with van der Waals surface area (Å²) >= 11 is 0. The second kappa shape index (κ2) is 6.54. The molecule has 1 heterocycles. The van der Waals surface area contributed by atoms with Crippen LogP contribution in [0.1, 0.15) is 24.8 Å². The predicted molar refractivity (Wildman–Crippen MR) is 81.5 cm³/mol. The van der Waals surface area contributed by atoms with Crippen LogP contribution in [0.4, 0.5) is 0 Å². The number of amides is 1. The van der Waals surface area contributed by atoms with E-state index in [2.05, 4.69) is 33.0 Å². The van der Waals surface area contributed by atoms with E-state index in [1.54, 1.807) is 0 Å². The molecule has 0 saturated heterocycles. The summed E-state index contributed by atoms with van der Waals surface area (Å²) < 4.78 is 0. The van der Waals surface area contributed by atoms with E-state index < -0.39 is 0 Å². The van der Waals surface area contributed by atoms with Crippen molar-refractivity contribution in [1.82, 2.24) is 20.8 Å². The van der Waals surface area contributed by atoms with E-state index in [0.717, 1.165) is 29.7 Å². The topological polar surface area (TPSA) is 69.8 Å². The lowest BCUT2D eigenvalue weighted by Gasteiger charge is -2.06. The van der Waals surface area contributed by atoms with Crippen molar-refractivity contribution in [2.24, 2.45) is 0 Å². The molecule has 1 aliphatic carbocycles. The maximum Gasteiger partial charge on any atom is 0.221 e. The van der Waals surface area contributed by atoms with E-state index in [1.807, 2.05) is 24.4 Å². The Morgan fingerprint density at radius 1 is 1.29 bits per heavy atom. The lowest BCUT2D eigenvalue weighted by molar-refractivity contribution is -0.121. The van der Waals surface area contributed by atoms with Crippen LogP contribution in [0.3, 0.4) is 0 Å². The molecule has 1 aromatic carbocycles. The highest BCUT2D eigenvalue weighted by Gasteiger charge is 2.22. The van der Waals surface area contributed by atoms with Crippen LogP contribution in [0.15, 0.2) is 36.5 Å². The number of carbonyl (C=O) groups is 1. The third-order valence-electron chi connectivity index (χ3n) is 3.57. The van der Waals surface area contributed by atoms with Crippen molar-refractivity contribution in [3.05, 3.63) is 42.1 Å². The predicted octanol–water partition coefficient (Wildman–Crippen LogP) is 1.84. The second-order valence-corrected chi connectivity index (χ2v) is 5.40. The summed E-state index contributed by atoms with van der Waals surface area (Å²) in [5.41, 5.74) is 3.27. The van der Waals surface area contributed by atoms with Gasteiger partial charge in [0.25, 0.3) is 0 Å². The molecule has 1 aliphatic rings. The minimum absolute atomic E-state index is 0.139. The van der Waals surface area contributed by atoms with E-state index in [1.165, 1.54) is 0 Å². The first-order valence-electron chi connectivity index (χ1n) is 7.40. The number of aromatic nitrogens is 2. The Balaban J connectivity index is 1.47. The fourth-order valence-electron chi connectivity index (χ4n) is 2.25. The first-order chi connectivity index (χ1) is 10.3. The molecule has 3 rings (SSSR count). The molecule has 5 nitrogen and oxygen atoms in total. The zero-order valence-corrected chi connectivity index (χ0v) is 11.9. The van der Waals surface area contributed by atoms with E-state index in [0.29, 0.717) is 25.6 Å². The normalized spacial score (nSPS) is 14.1. The maximum atomic E-state index is 11.6. The largest absolute Gasteiger partial charge is 0.353 e. The highest BCUT2D eigenvalue weighted by Crippen LogP contribution is 2.20. The molecule has 5 heteroatoms. The van der Waals surface area contributed by atoms with Crippen molar-refractivity contribution in [1.29, 1.82) is 0 Å². The molecule has 0 unspecified atom stereocenters. The molecule has 0 spiro atoms. The van der Waals surface area contributed by atoms with E-state index in [9.17, 15) is 4.79 Å². The number of benzene rings is 1. The van der Waals surface area contributed by atoms with Gasteiger partial charge < -0.3 is 10.6 Å². The number of carbonyl (C=O) groups excluding carboxylic acids is 1. The first-order valence-corrected chi connectivity index (χ1v) is 7.40. The number of rotatable bonds is 7. The maximum absolute atomic E-state index is 11.6. The number of aromatic amines is 1. The number of hydrogen-bond donors (Lipinski definition) is 3. The Hall–Kier alpha value is -2.14. The summed E-state index contributed by atoms with van der Waals surface area (Å²) in [4.78, 5) is 11.6. The lowest BCUT2D eigenvalue weighted by Crippen LogP contribution is -2.29. The Labute approximate surface area is 124 Å². The third-order valence-corrected chi connectivity index (χ3v) is 3.57.